The van der Waals surface area contributed by atoms with E-state index in [0.29, 0.717) is 6.54 Å². The Bertz CT molecular complexity index is 481. The van der Waals surface area contributed by atoms with Crippen LogP contribution in [0.1, 0.15) is 18.1 Å². The number of hydrogen-bond acceptors (Lipinski definition) is 2. The molecule has 3 N–H and O–H groups in total. The fourth-order valence-electron chi connectivity index (χ4n) is 2.16. The molecule has 2 rings (SSSR count). The molecule has 2 aromatic rings. The molecular weight excluding hydrogens is 232 g/mol. The highest BCUT2D eigenvalue weighted by atomic mass is 15.0. The van der Waals surface area contributed by atoms with Crippen LogP contribution in [0.2, 0.25) is 0 Å². The van der Waals surface area contributed by atoms with Crippen LogP contribution in [0.15, 0.2) is 60.7 Å². The molecule has 0 bridgehead atoms. The molecule has 0 aliphatic carbocycles. The third-order valence-corrected chi connectivity index (χ3v) is 3.45. The maximum absolute atomic E-state index is 5.96. The van der Waals surface area contributed by atoms with Gasteiger partial charge in [-0.15, -0.1) is 0 Å². The predicted octanol–water partition coefficient (Wildman–Crippen LogP) is 2.74. The molecule has 1 atom stereocenters. The zero-order valence-electron chi connectivity index (χ0n) is 11.5. The van der Waals surface area contributed by atoms with Gasteiger partial charge in [-0.1, -0.05) is 60.7 Å². The normalized spacial score (nSPS) is 14.0. The molecule has 1 unspecified atom stereocenters. The molecule has 0 aliphatic rings. The maximum Gasteiger partial charge on any atom is 0.0319 e. The maximum atomic E-state index is 5.96. The monoisotopic (exact) mass is 254 g/mol. The van der Waals surface area contributed by atoms with Gasteiger partial charge in [0.25, 0.3) is 0 Å². The standard InChI is InChI=1S/C17H22N2/c1-17(14-18,12-15-8-4-2-5-9-15)19-13-16-10-6-3-7-11-16/h2-11,19H,12-14,18H2,1H3. The number of benzene rings is 2. The van der Waals surface area contributed by atoms with Gasteiger partial charge >= 0.3 is 0 Å². The van der Waals surface area contributed by atoms with E-state index >= 15 is 0 Å². The number of hydrogen-bond donors (Lipinski definition) is 2. The van der Waals surface area contributed by atoms with Crippen molar-refractivity contribution in [3.63, 3.8) is 0 Å². The van der Waals surface area contributed by atoms with E-state index in [0.717, 1.165) is 13.0 Å². The Morgan fingerprint density at radius 3 is 1.95 bits per heavy atom. The summed E-state index contributed by atoms with van der Waals surface area (Å²) >= 11 is 0. The molecular formula is C17H22N2. The van der Waals surface area contributed by atoms with Gasteiger partial charge in [0.1, 0.15) is 0 Å². The summed E-state index contributed by atoms with van der Waals surface area (Å²) in [5.74, 6) is 0. The molecule has 19 heavy (non-hydrogen) atoms. The van der Waals surface area contributed by atoms with E-state index in [1.165, 1.54) is 11.1 Å². The molecule has 0 fully saturated rings. The van der Waals surface area contributed by atoms with Gasteiger partial charge in [0.05, 0.1) is 0 Å². The lowest BCUT2D eigenvalue weighted by atomic mass is 9.92. The van der Waals surface area contributed by atoms with Crippen molar-refractivity contribution in [2.45, 2.75) is 25.4 Å². The molecule has 0 aromatic heterocycles. The number of nitrogens with one attached hydrogen (secondary N) is 1. The molecule has 0 aliphatic heterocycles. The van der Waals surface area contributed by atoms with Gasteiger partial charge in [-0.05, 0) is 24.5 Å². The molecule has 0 saturated carbocycles. The third-order valence-electron chi connectivity index (χ3n) is 3.45. The van der Waals surface area contributed by atoms with E-state index in [4.69, 9.17) is 5.73 Å². The largest absolute Gasteiger partial charge is 0.329 e. The Morgan fingerprint density at radius 2 is 1.42 bits per heavy atom. The second kappa shape index (κ2) is 6.50. The van der Waals surface area contributed by atoms with Crippen LogP contribution in [0.3, 0.4) is 0 Å². The van der Waals surface area contributed by atoms with Crippen molar-refractivity contribution in [3.05, 3.63) is 71.8 Å². The molecule has 0 radical (unpaired) electrons. The molecule has 0 saturated heterocycles. The summed E-state index contributed by atoms with van der Waals surface area (Å²) in [6, 6.07) is 20.9. The molecule has 100 valence electrons. The van der Waals surface area contributed by atoms with E-state index < -0.39 is 0 Å². The highest BCUT2D eigenvalue weighted by molar-refractivity contribution is 5.19. The van der Waals surface area contributed by atoms with E-state index in [2.05, 4.69) is 60.8 Å². The van der Waals surface area contributed by atoms with Gasteiger partial charge in [-0.2, -0.15) is 0 Å². The lowest BCUT2D eigenvalue weighted by Gasteiger charge is -2.30. The van der Waals surface area contributed by atoms with Crippen molar-refractivity contribution in [3.8, 4) is 0 Å². The van der Waals surface area contributed by atoms with Gasteiger partial charge in [-0.25, -0.2) is 0 Å². The second-order valence-corrected chi connectivity index (χ2v) is 5.27. The van der Waals surface area contributed by atoms with Crippen LogP contribution in [-0.4, -0.2) is 12.1 Å². The van der Waals surface area contributed by atoms with Gasteiger partial charge < -0.3 is 11.1 Å². The summed E-state index contributed by atoms with van der Waals surface area (Å²) in [6.45, 7) is 3.65. The fraction of sp³-hybridized carbons (Fsp3) is 0.294. The first-order valence-corrected chi connectivity index (χ1v) is 6.75. The van der Waals surface area contributed by atoms with Crippen molar-refractivity contribution < 1.29 is 0 Å². The molecule has 0 amide bonds. The van der Waals surface area contributed by atoms with Crippen molar-refractivity contribution in [2.75, 3.05) is 6.54 Å². The van der Waals surface area contributed by atoms with Gasteiger partial charge in [0.2, 0.25) is 0 Å². The van der Waals surface area contributed by atoms with Crippen molar-refractivity contribution >= 4 is 0 Å². The Balaban J connectivity index is 1.98. The van der Waals surface area contributed by atoms with E-state index in [-0.39, 0.29) is 5.54 Å². The zero-order chi connectivity index (χ0) is 13.6. The average Bonchev–Trinajstić information content (AvgIpc) is 2.47. The fourth-order valence-corrected chi connectivity index (χ4v) is 2.16. The Morgan fingerprint density at radius 1 is 0.895 bits per heavy atom. The minimum Gasteiger partial charge on any atom is -0.329 e. The van der Waals surface area contributed by atoms with Crippen LogP contribution in [0.5, 0.6) is 0 Å². The summed E-state index contributed by atoms with van der Waals surface area (Å²) in [6.07, 6.45) is 0.942. The first-order chi connectivity index (χ1) is 9.22. The topological polar surface area (TPSA) is 38.0 Å². The van der Waals surface area contributed by atoms with E-state index in [9.17, 15) is 0 Å². The average molecular weight is 254 g/mol. The quantitative estimate of drug-likeness (QED) is 0.832. The van der Waals surface area contributed by atoms with Crippen molar-refractivity contribution in [1.82, 2.24) is 5.32 Å². The molecule has 2 nitrogen and oxygen atoms in total. The predicted molar refractivity (Wildman–Crippen MR) is 80.9 cm³/mol. The van der Waals surface area contributed by atoms with E-state index in [1.54, 1.807) is 0 Å². The molecule has 0 heterocycles. The van der Waals surface area contributed by atoms with E-state index in [1.807, 2.05) is 12.1 Å². The van der Waals surface area contributed by atoms with Crippen LogP contribution in [-0.2, 0) is 13.0 Å². The lowest BCUT2D eigenvalue weighted by molar-refractivity contribution is 0.359. The summed E-state index contributed by atoms with van der Waals surface area (Å²) in [5.41, 5.74) is 8.49. The highest BCUT2D eigenvalue weighted by Gasteiger charge is 2.21. The van der Waals surface area contributed by atoms with Crippen molar-refractivity contribution in [1.29, 1.82) is 0 Å². The Hall–Kier alpha value is -1.64. The van der Waals surface area contributed by atoms with Crippen LogP contribution in [0.25, 0.3) is 0 Å². The minimum absolute atomic E-state index is 0.0722. The second-order valence-electron chi connectivity index (χ2n) is 5.27. The lowest BCUT2D eigenvalue weighted by Crippen LogP contribution is -2.50. The van der Waals surface area contributed by atoms with Crippen LogP contribution < -0.4 is 11.1 Å². The van der Waals surface area contributed by atoms with Crippen LogP contribution in [0.4, 0.5) is 0 Å². The minimum atomic E-state index is -0.0722. The van der Waals surface area contributed by atoms with Crippen LogP contribution in [0, 0.1) is 0 Å². The Kier molecular flexibility index (Phi) is 4.72. The van der Waals surface area contributed by atoms with Gasteiger partial charge in [0.15, 0.2) is 0 Å². The van der Waals surface area contributed by atoms with Crippen molar-refractivity contribution in [2.24, 2.45) is 5.73 Å². The van der Waals surface area contributed by atoms with Gasteiger partial charge in [-0.3, -0.25) is 0 Å². The summed E-state index contributed by atoms with van der Waals surface area (Å²) in [5, 5.41) is 3.59. The first kappa shape index (κ1) is 13.8. The summed E-state index contributed by atoms with van der Waals surface area (Å²) < 4.78 is 0. The highest BCUT2D eigenvalue weighted by Crippen LogP contribution is 2.13. The summed E-state index contributed by atoms with van der Waals surface area (Å²) in [4.78, 5) is 0. The third kappa shape index (κ3) is 4.19. The molecule has 2 heteroatoms. The number of rotatable bonds is 6. The van der Waals surface area contributed by atoms with Gasteiger partial charge in [0, 0.05) is 18.6 Å². The Labute approximate surface area is 115 Å². The smallest absolute Gasteiger partial charge is 0.0319 e. The van der Waals surface area contributed by atoms with Crippen LogP contribution >= 0.6 is 0 Å². The molecule has 0 spiro atoms. The number of nitrogens with two attached hydrogens (primary N) is 1. The first-order valence-electron chi connectivity index (χ1n) is 6.75. The molecule has 2 aromatic carbocycles. The zero-order valence-corrected chi connectivity index (χ0v) is 11.5. The summed E-state index contributed by atoms with van der Waals surface area (Å²) in [7, 11) is 0. The SMILES string of the molecule is CC(CN)(Cc1ccccc1)NCc1ccccc1.